The Morgan fingerprint density at radius 1 is 1.36 bits per heavy atom. The first-order valence-corrected chi connectivity index (χ1v) is 9.16. The van der Waals surface area contributed by atoms with Gasteiger partial charge in [0, 0.05) is 16.1 Å². The van der Waals surface area contributed by atoms with Gasteiger partial charge in [-0.25, -0.2) is 0 Å². The lowest BCUT2D eigenvalue weighted by Gasteiger charge is -2.27. The third kappa shape index (κ3) is 2.07. The molecule has 1 aromatic carbocycles. The number of alkyl halides is 1. The van der Waals surface area contributed by atoms with Crippen LogP contribution in [0.4, 0.5) is 5.69 Å². The molecule has 2 saturated carbocycles. The summed E-state index contributed by atoms with van der Waals surface area (Å²) in [6, 6.07) is 5.26. The third-order valence-corrected chi connectivity index (χ3v) is 7.45. The molecule has 22 heavy (non-hydrogen) atoms. The number of carbonyl (C=O) groups is 2. The minimum absolute atomic E-state index is 0.0614. The van der Waals surface area contributed by atoms with E-state index in [9.17, 15) is 9.59 Å². The molecule has 3 aliphatic rings. The molecule has 0 radical (unpaired) electrons. The van der Waals surface area contributed by atoms with Gasteiger partial charge in [-0.1, -0.05) is 27.5 Å². The van der Waals surface area contributed by atoms with E-state index >= 15 is 0 Å². The van der Waals surface area contributed by atoms with E-state index in [1.54, 1.807) is 18.2 Å². The first-order chi connectivity index (χ1) is 10.5. The number of ether oxygens (including phenoxy) is 1. The van der Waals surface area contributed by atoms with Crippen molar-refractivity contribution in [3.8, 4) is 0 Å². The predicted octanol–water partition coefficient (Wildman–Crippen LogP) is 3.61. The SMILES string of the molecule is O=C(Nc1ccc(Br)c(Cl)c1)[C@@H]1[C@H]2C[C@H]3[C@H](OC(=O)[C@@H]31)[C@@H]2Br. The zero-order chi connectivity index (χ0) is 15.6. The van der Waals surface area contributed by atoms with Crippen LogP contribution in [0.5, 0.6) is 0 Å². The number of esters is 1. The number of rotatable bonds is 2. The van der Waals surface area contributed by atoms with E-state index in [0.717, 1.165) is 10.9 Å². The third-order valence-electron chi connectivity index (χ3n) is 5.01. The van der Waals surface area contributed by atoms with E-state index in [2.05, 4.69) is 37.2 Å². The molecule has 6 atom stereocenters. The summed E-state index contributed by atoms with van der Waals surface area (Å²) in [6.07, 6.45) is 0.810. The van der Waals surface area contributed by atoms with Crippen molar-refractivity contribution in [3.63, 3.8) is 0 Å². The molecule has 0 spiro atoms. The van der Waals surface area contributed by atoms with E-state index in [0.29, 0.717) is 10.7 Å². The second-order valence-electron chi connectivity index (χ2n) is 6.08. The van der Waals surface area contributed by atoms with Crippen LogP contribution in [0.15, 0.2) is 22.7 Å². The number of anilines is 1. The van der Waals surface area contributed by atoms with Crippen molar-refractivity contribution in [3.05, 3.63) is 27.7 Å². The van der Waals surface area contributed by atoms with Crippen LogP contribution in [0.2, 0.25) is 5.02 Å². The van der Waals surface area contributed by atoms with Crippen molar-refractivity contribution >= 4 is 61.0 Å². The molecule has 116 valence electrons. The van der Waals surface area contributed by atoms with Gasteiger partial charge in [-0.3, -0.25) is 9.59 Å². The van der Waals surface area contributed by atoms with Gasteiger partial charge in [-0.15, -0.1) is 0 Å². The number of hydrogen-bond acceptors (Lipinski definition) is 3. The number of amides is 1. The predicted molar refractivity (Wildman–Crippen MR) is 89.0 cm³/mol. The molecule has 1 heterocycles. The molecule has 0 aromatic heterocycles. The number of benzene rings is 1. The van der Waals surface area contributed by atoms with Crippen LogP contribution in [0.1, 0.15) is 6.42 Å². The smallest absolute Gasteiger partial charge is 0.310 e. The van der Waals surface area contributed by atoms with Gasteiger partial charge < -0.3 is 10.1 Å². The zero-order valence-corrected chi connectivity index (χ0v) is 15.2. The summed E-state index contributed by atoms with van der Waals surface area (Å²) in [5.41, 5.74) is 0.634. The van der Waals surface area contributed by atoms with Crippen molar-refractivity contribution in [1.82, 2.24) is 0 Å². The second-order valence-corrected chi connectivity index (χ2v) is 8.40. The molecule has 1 N–H and O–H groups in total. The highest BCUT2D eigenvalue weighted by Crippen LogP contribution is 2.60. The average molecular weight is 450 g/mol. The Bertz CT molecular complexity index is 683. The van der Waals surface area contributed by atoms with Gasteiger partial charge in [0.05, 0.1) is 21.7 Å². The van der Waals surface area contributed by atoms with Crippen molar-refractivity contribution < 1.29 is 14.3 Å². The fourth-order valence-corrected chi connectivity index (χ4v) is 5.60. The number of hydrogen-bond donors (Lipinski definition) is 1. The summed E-state index contributed by atoms with van der Waals surface area (Å²) in [4.78, 5) is 24.8. The summed E-state index contributed by atoms with van der Waals surface area (Å²) in [5.74, 6) is -0.660. The van der Waals surface area contributed by atoms with Gasteiger partial charge in [0.1, 0.15) is 6.10 Å². The fraction of sp³-hybridized carbons (Fsp3) is 0.467. The maximum atomic E-state index is 12.7. The number of nitrogens with one attached hydrogen (secondary N) is 1. The summed E-state index contributed by atoms with van der Waals surface area (Å²) >= 11 is 13.0. The van der Waals surface area contributed by atoms with Crippen LogP contribution in [0.25, 0.3) is 0 Å². The Kier molecular flexibility index (Phi) is 3.55. The van der Waals surface area contributed by atoms with Gasteiger partial charge in [0.2, 0.25) is 5.91 Å². The summed E-state index contributed by atoms with van der Waals surface area (Å²) in [5, 5.41) is 3.42. The Labute approximate surface area is 149 Å². The lowest BCUT2D eigenvalue weighted by Crippen LogP contribution is -2.40. The second kappa shape index (κ2) is 5.21. The van der Waals surface area contributed by atoms with Crippen molar-refractivity contribution in [2.24, 2.45) is 23.7 Å². The summed E-state index contributed by atoms with van der Waals surface area (Å²) in [6.45, 7) is 0. The van der Waals surface area contributed by atoms with Crippen molar-refractivity contribution in [2.75, 3.05) is 5.32 Å². The Balaban J connectivity index is 1.58. The first-order valence-electron chi connectivity index (χ1n) is 7.08. The van der Waals surface area contributed by atoms with Crippen molar-refractivity contribution in [2.45, 2.75) is 17.4 Å². The van der Waals surface area contributed by atoms with E-state index in [-0.39, 0.29) is 46.5 Å². The van der Waals surface area contributed by atoms with Crippen LogP contribution >= 0.6 is 43.5 Å². The van der Waals surface area contributed by atoms with Gasteiger partial charge in [0.15, 0.2) is 0 Å². The van der Waals surface area contributed by atoms with Crippen LogP contribution < -0.4 is 5.32 Å². The molecule has 2 aliphatic carbocycles. The molecular weight excluding hydrogens is 437 g/mol. The van der Waals surface area contributed by atoms with Gasteiger partial charge in [-0.05, 0) is 46.5 Å². The molecule has 1 aromatic rings. The topological polar surface area (TPSA) is 55.4 Å². The minimum Gasteiger partial charge on any atom is -0.461 e. The molecule has 2 bridgehead atoms. The maximum absolute atomic E-state index is 12.7. The van der Waals surface area contributed by atoms with Crippen molar-refractivity contribution in [1.29, 1.82) is 0 Å². The van der Waals surface area contributed by atoms with Crippen LogP contribution in [-0.4, -0.2) is 22.8 Å². The number of fused-ring (bicyclic) bond motifs is 1. The van der Waals surface area contributed by atoms with Crippen LogP contribution in [0, 0.1) is 23.7 Å². The van der Waals surface area contributed by atoms with E-state index in [1.807, 2.05) is 0 Å². The monoisotopic (exact) mass is 447 g/mol. The quantitative estimate of drug-likeness (QED) is 0.554. The highest BCUT2D eigenvalue weighted by atomic mass is 79.9. The zero-order valence-electron chi connectivity index (χ0n) is 11.3. The fourth-order valence-electron chi connectivity index (χ4n) is 4.13. The summed E-state index contributed by atoms with van der Waals surface area (Å²) in [7, 11) is 0. The number of carbonyl (C=O) groups excluding carboxylic acids is 2. The summed E-state index contributed by atoms with van der Waals surface area (Å²) < 4.78 is 6.20. The highest BCUT2D eigenvalue weighted by Gasteiger charge is 2.67. The van der Waals surface area contributed by atoms with Crippen LogP contribution in [-0.2, 0) is 14.3 Å². The van der Waals surface area contributed by atoms with Gasteiger partial charge >= 0.3 is 5.97 Å². The Morgan fingerprint density at radius 2 is 2.14 bits per heavy atom. The number of halogens is 3. The molecule has 3 fully saturated rings. The van der Waals surface area contributed by atoms with Gasteiger partial charge in [-0.2, -0.15) is 0 Å². The van der Waals surface area contributed by atoms with E-state index < -0.39 is 0 Å². The lowest BCUT2D eigenvalue weighted by molar-refractivity contribution is -0.145. The standard InChI is InChI=1S/C15H12Br2ClNO3/c16-8-2-1-5(3-9(8)18)19-14(20)10-6-4-7-11(10)15(21)22-13(7)12(6)17/h1-3,6-7,10-13H,4H2,(H,19,20)/t6-,7-,10-,11+,12-,13+/m1/s1. The molecule has 4 nitrogen and oxygen atoms in total. The Hall–Kier alpha value is -0.590. The van der Waals surface area contributed by atoms with Gasteiger partial charge in [0.25, 0.3) is 0 Å². The lowest BCUT2D eigenvalue weighted by atomic mass is 9.79. The molecule has 7 heteroatoms. The Morgan fingerprint density at radius 3 is 2.86 bits per heavy atom. The van der Waals surface area contributed by atoms with E-state index in [1.165, 1.54) is 0 Å². The molecule has 0 unspecified atom stereocenters. The normalized spacial score (nSPS) is 38.2. The average Bonchev–Trinajstić information content (AvgIpc) is 3.07. The van der Waals surface area contributed by atoms with Crippen LogP contribution in [0.3, 0.4) is 0 Å². The maximum Gasteiger partial charge on any atom is 0.310 e. The first kappa shape index (κ1) is 15.0. The molecular formula is C15H12Br2ClNO3. The van der Waals surface area contributed by atoms with E-state index in [4.69, 9.17) is 16.3 Å². The minimum atomic E-state index is -0.331. The molecule has 1 amide bonds. The molecule has 4 rings (SSSR count). The highest BCUT2D eigenvalue weighted by molar-refractivity contribution is 9.10. The molecule has 1 aliphatic heterocycles. The molecule has 1 saturated heterocycles. The largest absolute Gasteiger partial charge is 0.461 e.